The maximum Gasteiger partial charge on any atom is 0.303 e. The van der Waals surface area contributed by atoms with Gasteiger partial charge in [0.05, 0.1) is 6.04 Å². The van der Waals surface area contributed by atoms with Crippen LogP contribution in [-0.2, 0) is 16.0 Å². The SMILES string of the molecule is CC(CNC(=O)[C@@H](N)Cc1ccc(O)cc1)CC(=O)O. The first-order chi connectivity index (χ1) is 9.38. The van der Waals surface area contributed by atoms with Crippen molar-refractivity contribution < 1.29 is 19.8 Å². The van der Waals surface area contributed by atoms with Crippen molar-refractivity contribution in [1.82, 2.24) is 5.32 Å². The molecule has 0 radical (unpaired) electrons. The van der Waals surface area contributed by atoms with Gasteiger partial charge in [0.15, 0.2) is 0 Å². The number of carbonyl (C=O) groups is 2. The van der Waals surface area contributed by atoms with Gasteiger partial charge in [-0.05, 0) is 30.0 Å². The molecule has 0 spiro atoms. The molecule has 6 heteroatoms. The summed E-state index contributed by atoms with van der Waals surface area (Å²) in [7, 11) is 0. The second-order valence-electron chi connectivity index (χ2n) is 4.93. The summed E-state index contributed by atoms with van der Waals surface area (Å²) >= 11 is 0. The van der Waals surface area contributed by atoms with E-state index >= 15 is 0 Å². The van der Waals surface area contributed by atoms with Crippen LogP contribution in [0.4, 0.5) is 0 Å². The molecule has 0 aliphatic carbocycles. The van der Waals surface area contributed by atoms with Gasteiger partial charge < -0.3 is 21.3 Å². The van der Waals surface area contributed by atoms with Gasteiger partial charge in [-0.25, -0.2) is 0 Å². The lowest BCUT2D eigenvalue weighted by molar-refractivity contribution is -0.138. The number of aromatic hydroxyl groups is 1. The first kappa shape index (κ1) is 16.0. The van der Waals surface area contributed by atoms with Crippen LogP contribution in [0.15, 0.2) is 24.3 Å². The number of phenols is 1. The third-order valence-corrected chi connectivity index (χ3v) is 2.88. The van der Waals surface area contributed by atoms with Gasteiger partial charge in [-0.3, -0.25) is 9.59 Å². The van der Waals surface area contributed by atoms with Gasteiger partial charge in [0, 0.05) is 13.0 Å². The predicted molar refractivity (Wildman–Crippen MR) is 74.2 cm³/mol. The Labute approximate surface area is 117 Å². The molecule has 1 aromatic rings. The summed E-state index contributed by atoms with van der Waals surface area (Å²) in [6, 6.07) is 5.78. The first-order valence-corrected chi connectivity index (χ1v) is 6.41. The summed E-state index contributed by atoms with van der Waals surface area (Å²) in [6.07, 6.45) is 0.368. The third kappa shape index (κ3) is 5.71. The number of aliphatic carboxylic acids is 1. The Hall–Kier alpha value is -2.08. The smallest absolute Gasteiger partial charge is 0.303 e. The molecule has 0 aromatic heterocycles. The Bertz CT molecular complexity index is 459. The number of phenolic OH excluding ortho intramolecular Hbond substituents is 1. The second-order valence-corrected chi connectivity index (χ2v) is 4.93. The molecule has 5 N–H and O–H groups in total. The van der Waals surface area contributed by atoms with E-state index in [9.17, 15) is 9.59 Å². The Kier molecular flexibility index (Phi) is 5.99. The van der Waals surface area contributed by atoms with E-state index in [1.54, 1.807) is 19.1 Å². The zero-order valence-electron chi connectivity index (χ0n) is 11.4. The molecule has 0 aliphatic heterocycles. The normalized spacial score (nSPS) is 13.5. The maximum atomic E-state index is 11.8. The molecule has 1 unspecified atom stereocenters. The lowest BCUT2D eigenvalue weighted by Gasteiger charge is -2.15. The number of nitrogens with one attached hydrogen (secondary N) is 1. The van der Waals surface area contributed by atoms with Crippen LogP contribution >= 0.6 is 0 Å². The zero-order chi connectivity index (χ0) is 15.1. The van der Waals surface area contributed by atoms with E-state index in [-0.39, 0.29) is 30.5 Å². The van der Waals surface area contributed by atoms with Crippen LogP contribution < -0.4 is 11.1 Å². The summed E-state index contributed by atoms with van der Waals surface area (Å²) in [5.74, 6) is -1.18. The number of carbonyl (C=O) groups excluding carboxylic acids is 1. The fraction of sp³-hybridized carbons (Fsp3) is 0.429. The molecule has 1 amide bonds. The van der Waals surface area contributed by atoms with Gasteiger partial charge in [-0.15, -0.1) is 0 Å². The van der Waals surface area contributed by atoms with E-state index in [2.05, 4.69) is 5.32 Å². The monoisotopic (exact) mass is 280 g/mol. The van der Waals surface area contributed by atoms with Crippen molar-refractivity contribution in [3.05, 3.63) is 29.8 Å². The van der Waals surface area contributed by atoms with Crippen molar-refractivity contribution in [2.75, 3.05) is 6.54 Å². The van der Waals surface area contributed by atoms with E-state index in [0.717, 1.165) is 5.56 Å². The Balaban J connectivity index is 2.39. The molecular weight excluding hydrogens is 260 g/mol. The van der Waals surface area contributed by atoms with Crippen LogP contribution in [-0.4, -0.2) is 34.7 Å². The highest BCUT2D eigenvalue weighted by Gasteiger charge is 2.15. The van der Waals surface area contributed by atoms with Crippen LogP contribution in [0.5, 0.6) is 5.75 Å². The molecule has 0 saturated heterocycles. The quantitative estimate of drug-likeness (QED) is 0.580. The highest BCUT2D eigenvalue weighted by Crippen LogP contribution is 2.11. The van der Waals surface area contributed by atoms with Gasteiger partial charge in [-0.2, -0.15) is 0 Å². The Morgan fingerprint density at radius 2 is 1.90 bits per heavy atom. The van der Waals surface area contributed by atoms with E-state index in [0.29, 0.717) is 6.42 Å². The summed E-state index contributed by atoms with van der Waals surface area (Å²) in [5.41, 5.74) is 6.63. The average molecular weight is 280 g/mol. The van der Waals surface area contributed by atoms with Crippen LogP contribution in [0.3, 0.4) is 0 Å². The van der Waals surface area contributed by atoms with Crippen LogP contribution in [0.1, 0.15) is 18.9 Å². The summed E-state index contributed by atoms with van der Waals surface area (Å²) in [5, 5.41) is 20.4. The van der Waals surface area contributed by atoms with Crippen molar-refractivity contribution in [3.8, 4) is 5.75 Å². The number of carboxylic acid groups (broad SMARTS) is 1. The fourth-order valence-corrected chi connectivity index (χ4v) is 1.75. The minimum absolute atomic E-state index is 0.00742. The minimum Gasteiger partial charge on any atom is -0.508 e. The molecule has 6 nitrogen and oxygen atoms in total. The summed E-state index contributed by atoms with van der Waals surface area (Å²) < 4.78 is 0. The van der Waals surface area contributed by atoms with Crippen LogP contribution in [0.2, 0.25) is 0 Å². The van der Waals surface area contributed by atoms with Gasteiger partial charge in [0.2, 0.25) is 5.91 Å². The van der Waals surface area contributed by atoms with E-state index in [1.165, 1.54) is 12.1 Å². The topological polar surface area (TPSA) is 113 Å². The summed E-state index contributed by atoms with van der Waals surface area (Å²) in [6.45, 7) is 2.04. The largest absolute Gasteiger partial charge is 0.508 e. The highest BCUT2D eigenvalue weighted by molar-refractivity contribution is 5.81. The average Bonchev–Trinajstić information content (AvgIpc) is 2.37. The predicted octanol–water partition coefficient (Wildman–Crippen LogP) is 0.489. The third-order valence-electron chi connectivity index (χ3n) is 2.88. The maximum absolute atomic E-state index is 11.8. The van der Waals surface area contributed by atoms with E-state index < -0.39 is 12.0 Å². The molecule has 1 aromatic carbocycles. The van der Waals surface area contributed by atoms with E-state index in [4.69, 9.17) is 15.9 Å². The number of carboxylic acids is 1. The molecular formula is C14H20N2O4. The molecule has 2 atom stereocenters. The molecule has 20 heavy (non-hydrogen) atoms. The van der Waals surface area contributed by atoms with Gasteiger partial charge >= 0.3 is 5.97 Å². The number of benzene rings is 1. The van der Waals surface area contributed by atoms with Crippen molar-refractivity contribution in [1.29, 1.82) is 0 Å². The van der Waals surface area contributed by atoms with Crippen LogP contribution in [0.25, 0.3) is 0 Å². The van der Waals surface area contributed by atoms with E-state index in [1.807, 2.05) is 0 Å². The van der Waals surface area contributed by atoms with Crippen molar-refractivity contribution >= 4 is 11.9 Å². The van der Waals surface area contributed by atoms with Crippen molar-refractivity contribution in [3.63, 3.8) is 0 Å². The summed E-state index contributed by atoms with van der Waals surface area (Å²) in [4.78, 5) is 22.3. The van der Waals surface area contributed by atoms with Crippen LogP contribution in [0, 0.1) is 5.92 Å². The van der Waals surface area contributed by atoms with Crippen molar-refractivity contribution in [2.24, 2.45) is 11.7 Å². The fourth-order valence-electron chi connectivity index (χ4n) is 1.75. The lowest BCUT2D eigenvalue weighted by atomic mass is 10.0. The Morgan fingerprint density at radius 3 is 2.45 bits per heavy atom. The van der Waals surface area contributed by atoms with Crippen molar-refractivity contribution in [2.45, 2.75) is 25.8 Å². The Morgan fingerprint density at radius 1 is 1.30 bits per heavy atom. The molecule has 0 saturated carbocycles. The van der Waals surface area contributed by atoms with Gasteiger partial charge in [0.1, 0.15) is 5.75 Å². The lowest BCUT2D eigenvalue weighted by Crippen LogP contribution is -2.43. The standard InChI is InChI=1S/C14H20N2O4/c1-9(6-13(18)19)8-16-14(20)12(15)7-10-2-4-11(17)5-3-10/h2-5,9,12,17H,6-8,15H2,1H3,(H,16,20)(H,18,19)/t9?,12-/m0/s1. The zero-order valence-corrected chi connectivity index (χ0v) is 11.4. The van der Waals surface area contributed by atoms with Gasteiger partial charge in [0.25, 0.3) is 0 Å². The highest BCUT2D eigenvalue weighted by atomic mass is 16.4. The van der Waals surface area contributed by atoms with Gasteiger partial charge in [-0.1, -0.05) is 19.1 Å². The number of rotatable bonds is 7. The molecule has 0 aliphatic rings. The molecule has 110 valence electrons. The minimum atomic E-state index is -0.889. The molecule has 1 rings (SSSR count). The number of hydrogen-bond acceptors (Lipinski definition) is 4. The first-order valence-electron chi connectivity index (χ1n) is 6.41. The molecule has 0 fully saturated rings. The number of amides is 1. The molecule has 0 bridgehead atoms. The molecule has 0 heterocycles. The number of hydrogen-bond donors (Lipinski definition) is 4. The second kappa shape index (κ2) is 7.49. The number of nitrogens with two attached hydrogens (primary N) is 1.